The third-order valence-electron chi connectivity index (χ3n) is 34.2. The van der Waals surface area contributed by atoms with Gasteiger partial charge in [-0.05, 0) is 336 Å². The molecule has 0 radical (unpaired) electrons. The standard InChI is InChI=1S/C29H52O.C29H50O.C28H48O/c2*1-7-21(19(2)3)9-8-20(4)25-12-13-26-24-11-10-22-18-23(30)14-16-28(22,5)27(24)15-17-29(25,26)6;1-18(2)19(3)7-8-20(4)24-11-12-25-23-10-9-21-17-22(29)13-15-27(21,5)26(23)14-16-28(24,25)6/h19-27,30H,7-18H2,1-6H3;10,19-21,23-27,30H,7-9,11-18H2,1-6H3;9,18-20,22-26,29H,7-8,10-17H2,1-6H3/t20-,21-,22+,23+,24+,25-,26+,27+,28+,29-;20-,21-,23+,24+,25-,26+,27+,28+,29-;19-,20-,22+,23+,24-,25+,26+,27+,28-/m111/s1. The molecule has 0 aliphatic heterocycles. The highest BCUT2D eigenvalue weighted by Crippen LogP contribution is 2.71. The van der Waals surface area contributed by atoms with Crippen molar-refractivity contribution in [2.75, 3.05) is 0 Å². The van der Waals surface area contributed by atoms with E-state index in [0.29, 0.717) is 32.5 Å². The molecule has 512 valence electrons. The molecule has 3 N–H and O–H groups in total. The smallest absolute Gasteiger partial charge is 0.0577 e. The highest BCUT2D eigenvalue weighted by molar-refractivity contribution is 5.27. The van der Waals surface area contributed by atoms with Crippen molar-refractivity contribution in [1.29, 1.82) is 0 Å². The van der Waals surface area contributed by atoms with E-state index in [4.69, 9.17) is 0 Å². The molecule has 0 bridgehead atoms. The lowest BCUT2D eigenvalue weighted by Crippen LogP contribution is -2.54. The molecular weight excluding hydrogens is 1080 g/mol. The molecule has 10 fully saturated rings. The Balaban J connectivity index is 0.000000147. The second-order valence-electron chi connectivity index (χ2n) is 38.8. The Morgan fingerprint density at radius 2 is 0.742 bits per heavy atom. The maximum absolute atomic E-state index is 10.3. The van der Waals surface area contributed by atoms with Gasteiger partial charge < -0.3 is 15.3 Å². The summed E-state index contributed by atoms with van der Waals surface area (Å²) in [5.41, 5.74) is 6.31. The van der Waals surface area contributed by atoms with Gasteiger partial charge in [-0.3, -0.25) is 0 Å². The molecule has 10 saturated carbocycles. The Hall–Kier alpha value is -0.640. The van der Waals surface area contributed by atoms with Crippen molar-refractivity contribution >= 4 is 0 Å². The molecule has 3 nitrogen and oxygen atoms in total. The van der Waals surface area contributed by atoms with Crippen molar-refractivity contribution in [1.82, 2.24) is 0 Å². The number of hydrogen-bond donors (Lipinski definition) is 3. The van der Waals surface area contributed by atoms with E-state index in [-0.39, 0.29) is 18.3 Å². The Kier molecular flexibility index (Phi) is 22.7. The van der Waals surface area contributed by atoms with Crippen LogP contribution in [0.1, 0.15) is 337 Å². The molecule has 0 heterocycles. The van der Waals surface area contributed by atoms with Gasteiger partial charge in [-0.1, -0.05) is 186 Å². The highest BCUT2D eigenvalue weighted by atomic mass is 16.3. The van der Waals surface area contributed by atoms with Crippen molar-refractivity contribution < 1.29 is 15.3 Å². The highest BCUT2D eigenvalue weighted by Gasteiger charge is 2.63. The van der Waals surface area contributed by atoms with Crippen LogP contribution in [-0.2, 0) is 0 Å². The van der Waals surface area contributed by atoms with E-state index in [9.17, 15) is 15.3 Å². The molecule has 3 heteroatoms. The van der Waals surface area contributed by atoms with Crippen molar-refractivity contribution in [2.45, 2.75) is 355 Å². The molecule has 12 rings (SSSR count). The van der Waals surface area contributed by atoms with Crippen LogP contribution in [0.15, 0.2) is 23.3 Å². The Morgan fingerprint density at radius 3 is 1.15 bits per heavy atom. The van der Waals surface area contributed by atoms with Crippen molar-refractivity contribution in [3.8, 4) is 0 Å². The Bertz CT molecular complexity index is 2340. The summed E-state index contributed by atoms with van der Waals surface area (Å²) in [5, 5.41) is 30.8. The Morgan fingerprint density at radius 1 is 0.371 bits per heavy atom. The summed E-state index contributed by atoms with van der Waals surface area (Å²) in [6.07, 6.45) is 49.3. The SMILES string of the molecule is CC(C)[C@H](C)CC[C@@H](C)[C@H]1CC[C@H]2[C@@H]3CC=C4C[C@@H](O)CC[C@]4(C)[C@H]3CC[C@]12C.CC[C@H](CC[C@@H](C)[C@H]1CC[C@H]2[C@@H]3CC=C4C[C@@H](O)CC[C@]4(C)[C@H]3CC[C@]12C)C(C)C.CC[C@H](CC[C@@H](C)[C@H]1CC[C@H]2[C@@H]3CC[C@H]4C[C@@H](O)CC[C@]4(C)[C@H]3CC[C@]12C)C(C)C. The van der Waals surface area contributed by atoms with Crippen LogP contribution in [0.2, 0.25) is 0 Å². The minimum atomic E-state index is -0.0794. The largest absolute Gasteiger partial charge is 0.393 e. The summed E-state index contributed by atoms with van der Waals surface area (Å²) in [7, 11) is 0. The fourth-order valence-electron chi connectivity index (χ4n) is 27.9. The van der Waals surface area contributed by atoms with Gasteiger partial charge in [0.05, 0.1) is 18.3 Å². The first kappa shape index (κ1) is 71.1. The van der Waals surface area contributed by atoms with Crippen molar-refractivity contribution in [2.24, 2.45) is 163 Å². The zero-order chi connectivity index (χ0) is 64.3. The molecule has 12 aliphatic carbocycles. The number of fused-ring (bicyclic) bond motifs is 15. The van der Waals surface area contributed by atoms with E-state index in [1.807, 2.05) is 0 Å². The van der Waals surface area contributed by atoms with Crippen LogP contribution >= 0.6 is 0 Å². The summed E-state index contributed by atoms with van der Waals surface area (Å²) in [4.78, 5) is 0. The molecule has 0 aromatic carbocycles. The average Bonchev–Trinajstić information content (AvgIpc) is 1.73. The molecule has 0 saturated heterocycles. The number of allylic oxidation sites excluding steroid dienone is 2. The normalized spacial score (nSPS) is 46.6. The van der Waals surface area contributed by atoms with E-state index >= 15 is 0 Å². The van der Waals surface area contributed by atoms with Crippen LogP contribution < -0.4 is 0 Å². The van der Waals surface area contributed by atoms with E-state index < -0.39 is 0 Å². The maximum atomic E-state index is 10.3. The van der Waals surface area contributed by atoms with Gasteiger partial charge in [0.25, 0.3) is 0 Å². The zero-order valence-corrected chi connectivity index (χ0v) is 62.3. The lowest BCUT2D eigenvalue weighted by atomic mass is 9.44. The van der Waals surface area contributed by atoms with Crippen LogP contribution in [0.25, 0.3) is 0 Å². The molecule has 0 amide bonds. The van der Waals surface area contributed by atoms with Crippen LogP contribution in [0.4, 0.5) is 0 Å². The minimum Gasteiger partial charge on any atom is -0.393 e. The summed E-state index contributed by atoms with van der Waals surface area (Å²) < 4.78 is 0. The number of aliphatic hydroxyl groups is 3. The van der Waals surface area contributed by atoms with E-state index in [0.717, 1.165) is 169 Å². The van der Waals surface area contributed by atoms with E-state index in [2.05, 4.69) is 137 Å². The van der Waals surface area contributed by atoms with Crippen molar-refractivity contribution in [3.05, 3.63) is 23.3 Å². The molecule has 0 spiro atoms. The summed E-state index contributed by atoms with van der Waals surface area (Å²) in [6, 6.07) is 0. The molecule has 0 unspecified atom stereocenters. The fraction of sp³-hybridized carbons (Fsp3) is 0.953. The topological polar surface area (TPSA) is 60.7 Å². The first-order valence-corrected chi connectivity index (χ1v) is 40.5. The third kappa shape index (κ3) is 13.6. The van der Waals surface area contributed by atoms with Gasteiger partial charge in [-0.15, -0.1) is 0 Å². The summed E-state index contributed by atoms with van der Waals surface area (Å²) >= 11 is 0. The Labute approximate surface area is 553 Å². The lowest BCUT2D eigenvalue weighted by molar-refractivity contribution is -0.129. The summed E-state index contributed by atoms with van der Waals surface area (Å²) in [5.74, 6) is 19.9. The monoisotopic (exact) mass is 1230 g/mol. The first-order valence-electron chi connectivity index (χ1n) is 40.5. The number of rotatable bonds is 17. The number of aliphatic hydroxyl groups excluding tert-OH is 3. The fourth-order valence-corrected chi connectivity index (χ4v) is 27.9. The van der Waals surface area contributed by atoms with Crippen molar-refractivity contribution in [3.63, 3.8) is 0 Å². The van der Waals surface area contributed by atoms with Crippen LogP contribution in [0.3, 0.4) is 0 Å². The van der Waals surface area contributed by atoms with Crippen LogP contribution in [0, 0.1) is 163 Å². The second kappa shape index (κ2) is 28.4. The van der Waals surface area contributed by atoms with E-state index in [1.54, 1.807) is 11.1 Å². The lowest BCUT2D eigenvalue weighted by Gasteiger charge is -2.61. The molecule has 28 atom stereocenters. The number of hydrogen-bond acceptors (Lipinski definition) is 3. The van der Waals surface area contributed by atoms with Crippen LogP contribution in [0.5, 0.6) is 0 Å². The predicted octanol–water partition coefficient (Wildman–Crippen LogP) is 23.8. The van der Waals surface area contributed by atoms with Gasteiger partial charge in [-0.25, -0.2) is 0 Å². The molecule has 12 aliphatic rings. The zero-order valence-electron chi connectivity index (χ0n) is 62.3. The quantitative estimate of drug-likeness (QED) is 0.127. The van der Waals surface area contributed by atoms with Gasteiger partial charge in [0.1, 0.15) is 0 Å². The predicted molar refractivity (Wildman–Crippen MR) is 380 cm³/mol. The van der Waals surface area contributed by atoms with Gasteiger partial charge in [0.15, 0.2) is 0 Å². The average molecular weight is 1230 g/mol. The summed E-state index contributed by atoms with van der Waals surface area (Å²) in [6.45, 7) is 45.4. The third-order valence-corrected chi connectivity index (χ3v) is 34.2. The molecule has 0 aromatic rings. The maximum Gasteiger partial charge on any atom is 0.0577 e. The van der Waals surface area contributed by atoms with Crippen LogP contribution in [-0.4, -0.2) is 33.6 Å². The second-order valence-corrected chi connectivity index (χ2v) is 38.8. The van der Waals surface area contributed by atoms with E-state index in [1.165, 1.54) is 173 Å². The minimum absolute atomic E-state index is 0.0111. The van der Waals surface area contributed by atoms with Gasteiger partial charge in [-0.2, -0.15) is 0 Å². The van der Waals surface area contributed by atoms with Gasteiger partial charge in [0.2, 0.25) is 0 Å². The molecular formula is C86H150O3. The first-order chi connectivity index (χ1) is 42.1. The molecule has 89 heavy (non-hydrogen) atoms. The molecule has 0 aromatic heterocycles. The van der Waals surface area contributed by atoms with Gasteiger partial charge >= 0.3 is 0 Å². The van der Waals surface area contributed by atoms with Gasteiger partial charge in [0, 0.05) is 0 Å².